The van der Waals surface area contributed by atoms with E-state index in [-0.39, 0.29) is 10.6 Å². The molecule has 0 spiro atoms. The standard InChI is InChI=1S/C16H20N4O2/c1-10-8-14(19-13-6-2-4-11(13)9-17)12-5-3-7-15(20(21)22)16(12)18-10/h3,5,7-8,11,13H,2,4,6,9,17H2,1H3,(H,18,19). The van der Waals surface area contributed by atoms with Gasteiger partial charge in [-0.15, -0.1) is 0 Å². The number of rotatable bonds is 4. The number of nitro groups is 1. The molecule has 3 rings (SSSR count). The van der Waals surface area contributed by atoms with Gasteiger partial charge in [-0.3, -0.25) is 10.1 Å². The topological polar surface area (TPSA) is 94.1 Å². The molecule has 3 N–H and O–H groups in total. The maximum Gasteiger partial charge on any atom is 0.295 e. The number of aryl methyl sites for hydroxylation is 1. The van der Waals surface area contributed by atoms with E-state index in [1.807, 2.05) is 19.1 Å². The number of aromatic nitrogens is 1. The molecule has 1 fully saturated rings. The lowest BCUT2D eigenvalue weighted by Crippen LogP contribution is -2.29. The number of nitrogens with two attached hydrogens (primary N) is 1. The quantitative estimate of drug-likeness (QED) is 0.668. The second-order valence-corrected chi connectivity index (χ2v) is 5.92. The molecule has 116 valence electrons. The van der Waals surface area contributed by atoms with Crippen LogP contribution < -0.4 is 11.1 Å². The Balaban J connectivity index is 2.06. The highest BCUT2D eigenvalue weighted by molar-refractivity contribution is 5.96. The number of nitrogens with one attached hydrogen (secondary N) is 1. The zero-order chi connectivity index (χ0) is 15.7. The fraction of sp³-hybridized carbons (Fsp3) is 0.438. The SMILES string of the molecule is Cc1cc(NC2CCCC2CN)c2cccc([N+](=O)[O-])c2n1. The van der Waals surface area contributed by atoms with Gasteiger partial charge in [-0.25, -0.2) is 4.98 Å². The number of benzene rings is 1. The van der Waals surface area contributed by atoms with Crippen LogP contribution in [0.1, 0.15) is 25.0 Å². The van der Waals surface area contributed by atoms with Gasteiger partial charge in [0.25, 0.3) is 5.69 Å². The fourth-order valence-corrected chi connectivity index (χ4v) is 3.34. The predicted molar refractivity (Wildman–Crippen MR) is 86.9 cm³/mol. The third kappa shape index (κ3) is 2.62. The number of anilines is 1. The number of pyridine rings is 1. The maximum absolute atomic E-state index is 11.2. The molecule has 6 heteroatoms. The van der Waals surface area contributed by atoms with E-state index in [1.165, 1.54) is 12.5 Å². The smallest absolute Gasteiger partial charge is 0.295 e. The Morgan fingerprint density at radius 2 is 2.27 bits per heavy atom. The Labute approximate surface area is 128 Å². The van der Waals surface area contributed by atoms with Crippen LogP contribution in [0.15, 0.2) is 24.3 Å². The molecule has 2 atom stereocenters. The van der Waals surface area contributed by atoms with E-state index in [0.717, 1.165) is 29.6 Å². The van der Waals surface area contributed by atoms with Crippen molar-refractivity contribution in [2.24, 2.45) is 11.7 Å². The molecule has 1 saturated carbocycles. The Bertz CT molecular complexity index is 717. The van der Waals surface area contributed by atoms with E-state index in [9.17, 15) is 10.1 Å². The van der Waals surface area contributed by atoms with Crippen LogP contribution in [0.3, 0.4) is 0 Å². The van der Waals surface area contributed by atoms with Crippen LogP contribution in [-0.2, 0) is 0 Å². The largest absolute Gasteiger partial charge is 0.381 e. The minimum absolute atomic E-state index is 0.0473. The summed E-state index contributed by atoms with van der Waals surface area (Å²) in [6.45, 7) is 2.52. The average molecular weight is 300 g/mol. The van der Waals surface area contributed by atoms with Crippen molar-refractivity contribution in [1.29, 1.82) is 0 Å². The van der Waals surface area contributed by atoms with Crippen molar-refractivity contribution in [3.8, 4) is 0 Å². The minimum atomic E-state index is -0.378. The summed E-state index contributed by atoms with van der Waals surface area (Å²) in [4.78, 5) is 15.2. The third-order valence-corrected chi connectivity index (χ3v) is 4.45. The summed E-state index contributed by atoms with van der Waals surface area (Å²) in [6.07, 6.45) is 3.39. The van der Waals surface area contributed by atoms with Crippen LogP contribution in [-0.4, -0.2) is 22.5 Å². The molecule has 1 aliphatic rings. The molecule has 0 radical (unpaired) electrons. The number of nitro benzene ring substituents is 1. The average Bonchev–Trinajstić information content (AvgIpc) is 2.93. The van der Waals surface area contributed by atoms with Crippen molar-refractivity contribution < 1.29 is 4.92 Å². The lowest BCUT2D eigenvalue weighted by atomic mass is 10.0. The molecule has 2 aromatic rings. The normalized spacial score (nSPS) is 21.2. The van der Waals surface area contributed by atoms with Gasteiger partial charge in [-0.1, -0.05) is 18.6 Å². The van der Waals surface area contributed by atoms with E-state index < -0.39 is 0 Å². The summed E-state index contributed by atoms with van der Waals surface area (Å²) in [6, 6.07) is 7.37. The first kappa shape index (κ1) is 14.7. The summed E-state index contributed by atoms with van der Waals surface area (Å²) in [5.41, 5.74) is 8.02. The van der Waals surface area contributed by atoms with E-state index in [2.05, 4.69) is 10.3 Å². The Morgan fingerprint density at radius 3 is 3.00 bits per heavy atom. The van der Waals surface area contributed by atoms with Gasteiger partial charge in [0.15, 0.2) is 5.52 Å². The highest BCUT2D eigenvalue weighted by Crippen LogP contribution is 2.33. The van der Waals surface area contributed by atoms with Crippen molar-refractivity contribution in [3.63, 3.8) is 0 Å². The molecule has 0 saturated heterocycles. The summed E-state index contributed by atoms with van der Waals surface area (Å²) >= 11 is 0. The molecular weight excluding hydrogens is 280 g/mol. The number of hydrogen-bond acceptors (Lipinski definition) is 5. The number of fused-ring (bicyclic) bond motifs is 1. The van der Waals surface area contributed by atoms with E-state index in [0.29, 0.717) is 24.0 Å². The van der Waals surface area contributed by atoms with Gasteiger partial charge < -0.3 is 11.1 Å². The van der Waals surface area contributed by atoms with Crippen LogP contribution in [0.2, 0.25) is 0 Å². The molecule has 1 aliphatic carbocycles. The van der Waals surface area contributed by atoms with E-state index in [4.69, 9.17) is 5.73 Å². The highest BCUT2D eigenvalue weighted by Gasteiger charge is 2.26. The molecule has 0 amide bonds. The molecule has 0 bridgehead atoms. The number of non-ortho nitro benzene ring substituents is 1. The molecule has 1 heterocycles. The first-order valence-corrected chi connectivity index (χ1v) is 7.61. The Kier molecular flexibility index (Phi) is 3.94. The van der Waals surface area contributed by atoms with Gasteiger partial charge in [0.05, 0.1) is 4.92 Å². The molecule has 6 nitrogen and oxygen atoms in total. The molecular formula is C16H20N4O2. The lowest BCUT2D eigenvalue weighted by Gasteiger charge is -2.22. The predicted octanol–water partition coefficient (Wildman–Crippen LogP) is 2.99. The summed E-state index contributed by atoms with van der Waals surface area (Å²) in [7, 11) is 0. The number of hydrogen-bond donors (Lipinski definition) is 2. The van der Waals surface area contributed by atoms with Crippen LogP contribution >= 0.6 is 0 Å². The van der Waals surface area contributed by atoms with Crippen LogP contribution in [0.25, 0.3) is 10.9 Å². The van der Waals surface area contributed by atoms with Crippen molar-refractivity contribution >= 4 is 22.3 Å². The highest BCUT2D eigenvalue weighted by atomic mass is 16.6. The third-order valence-electron chi connectivity index (χ3n) is 4.45. The van der Waals surface area contributed by atoms with Crippen molar-refractivity contribution in [2.45, 2.75) is 32.2 Å². The number of para-hydroxylation sites is 1. The van der Waals surface area contributed by atoms with Gasteiger partial charge in [-0.05, 0) is 38.3 Å². The summed E-state index contributed by atoms with van der Waals surface area (Å²) < 4.78 is 0. The van der Waals surface area contributed by atoms with Crippen molar-refractivity contribution in [1.82, 2.24) is 4.98 Å². The van der Waals surface area contributed by atoms with Gasteiger partial charge in [0, 0.05) is 28.9 Å². The van der Waals surface area contributed by atoms with Gasteiger partial charge >= 0.3 is 0 Å². The number of nitrogens with zero attached hydrogens (tertiary/aromatic N) is 2. The minimum Gasteiger partial charge on any atom is -0.381 e. The zero-order valence-electron chi connectivity index (χ0n) is 12.6. The van der Waals surface area contributed by atoms with Crippen LogP contribution in [0.5, 0.6) is 0 Å². The lowest BCUT2D eigenvalue weighted by molar-refractivity contribution is -0.383. The van der Waals surface area contributed by atoms with Gasteiger partial charge in [0.2, 0.25) is 0 Å². The zero-order valence-corrected chi connectivity index (χ0v) is 12.6. The van der Waals surface area contributed by atoms with Gasteiger partial charge in [0.1, 0.15) is 0 Å². The van der Waals surface area contributed by atoms with Gasteiger partial charge in [-0.2, -0.15) is 0 Å². The van der Waals surface area contributed by atoms with Crippen molar-refractivity contribution in [2.75, 3.05) is 11.9 Å². The van der Waals surface area contributed by atoms with Crippen molar-refractivity contribution in [3.05, 3.63) is 40.1 Å². The maximum atomic E-state index is 11.2. The molecule has 0 aliphatic heterocycles. The van der Waals surface area contributed by atoms with E-state index >= 15 is 0 Å². The van der Waals surface area contributed by atoms with E-state index in [1.54, 1.807) is 6.07 Å². The fourth-order valence-electron chi connectivity index (χ4n) is 3.34. The molecule has 1 aromatic carbocycles. The van der Waals surface area contributed by atoms with Crippen LogP contribution in [0, 0.1) is 23.0 Å². The first-order chi connectivity index (χ1) is 10.6. The molecule has 1 aromatic heterocycles. The molecule has 22 heavy (non-hydrogen) atoms. The Hall–Kier alpha value is -2.21. The summed E-state index contributed by atoms with van der Waals surface area (Å²) in [5, 5.41) is 15.6. The second kappa shape index (κ2) is 5.88. The second-order valence-electron chi connectivity index (χ2n) is 5.92. The summed E-state index contributed by atoms with van der Waals surface area (Å²) in [5.74, 6) is 0.460. The molecule has 2 unspecified atom stereocenters. The first-order valence-electron chi connectivity index (χ1n) is 7.61. The Morgan fingerprint density at radius 1 is 1.45 bits per heavy atom. The van der Waals surface area contributed by atoms with Crippen LogP contribution in [0.4, 0.5) is 11.4 Å². The monoisotopic (exact) mass is 300 g/mol.